The van der Waals surface area contributed by atoms with Gasteiger partial charge in [-0.2, -0.15) is 0 Å². The third kappa shape index (κ3) is 4.07. The highest BCUT2D eigenvalue weighted by molar-refractivity contribution is 7.99. The summed E-state index contributed by atoms with van der Waals surface area (Å²) in [5.41, 5.74) is 3.44. The summed E-state index contributed by atoms with van der Waals surface area (Å²) in [6.07, 6.45) is 0. The third-order valence-corrected chi connectivity index (χ3v) is 5.96. The molecule has 0 aliphatic heterocycles. The van der Waals surface area contributed by atoms with Crippen LogP contribution in [0.3, 0.4) is 0 Å². The lowest BCUT2D eigenvalue weighted by Crippen LogP contribution is -2.28. The Kier molecular flexibility index (Phi) is 5.82. The van der Waals surface area contributed by atoms with Crippen molar-refractivity contribution in [3.05, 3.63) is 63.9 Å². The number of aromatic nitrogens is 4. The minimum absolute atomic E-state index is 0.0533. The summed E-state index contributed by atoms with van der Waals surface area (Å²) in [6, 6.07) is 13.4. The minimum Gasteiger partial charge on any atom is -0.355 e. The number of nitrogens with one attached hydrogen (secondary N) is 1. The van der Waals surface area contributed by atoms with Crippen molar-refractivity contribution < 1.29 is 4.79 Å². The highest BCUT2D eigenvalue weighted by atomic mass is 32.2. The van der Waals surface area contributed by atoms with Crippen molar-refractivity contribution in [2.75, 3.05) is 12.3 Å². The molecule has 0 fully saturated rings. The van der Waals surface area contributed by atoms with Gasteiger partial charge in [0.2, 0.25) is 11.7 Å². The van der Waals surface area contributed by atoms with E-state index < -0.39 is 0 Å². The molecule has 1 N–H and O–H groups in total. The van der Waals surface area contributed by atoms with Gasteiger partial charge in [-0.25, -0.2) is 4.57 Å². The van der Waals surface area contributed by atoms with E-state index in [0.717, 1.165) is 22.3 Å². The summed E-state index contributed by atoms with van der Waals surface area (Å²) >= 11 is 1.31. The Morgan fingerprint density at radius 1 is 1.13 bits per heavy atom. The lowest BCUT2D eigenvalue weighted by Gasteiger charge is -2.13. The molecule has 8 heteroatoms. The van der Waals surface area contributed by atoms with Crippen molar-refractivity contribution in [2.24, 2.45) is 5.92 Å². The van der Waals surface area contributed by atoms with E-state index in [4.69, 9.17) is 0 Å². The summed E-state index contributed by atoms with van der Waals surface area (Å²) in [6.45, 7) is 8.74. The fourth-order valence-corrected chi connectivity index (χ4v) is 4.31. The van der Waals surface area contributed by atoms with E-state index in [1.165, 1.54) is 11.8 Å². The molecule has 0 atom stereocenters. The predicted molar refractivity (Wildman–Crippen MR) is 124 cm³/mol. The lowest BCUT2D eigenvalue weighted by atomic mass is 10.1. The first-order valence-electron chi connectivity index (χ1n) is 10.2. The molecule has 7 nitrogen and oxygen atoms in total. The molecule has 31 heavy (non-hydrogen) atoms. The number of benzene rings is 2. The topological polar surface area (TPSA) is 81.3 Å². The second-order valence-electron chi connectivity index (χ2n) is 8.05. The van der Waals surface area contributed by atoms with Crippen LogP contribution in [0.1, 0.15) is 25.0 Å². The van der Waals surface area contributed by atoms with E-state index in [9.17, 15) is 9.59 Å². The van der Waals surface area contributed by atoms with Gasteiger partial charge in [-0.05, 0) is 43.5 Å². The maximum atomic E-state index is 13.4. The first-order valence-corrected chi connectivity index (χ1v) is 11.2. The number of rotatable bonds is 6. The van der Waals surface area contributed by atoms with Crippen molar-refractivity contribution in [2.45, 2.75) is 32.9 Å². The molecule has 0 saturated carbocycles. The van der Waals surface area contributed by atoms with Crippen LogP contribution in [0.15, 0.2) is 52.4 Å². The van der Waals surface area contributed by atoms with Crippen molar-refractivity contribution >= 4 is 34.3 Å². The fraction of sp³-hybridized carbons (Fsp3) is 0.304. The SMILES string of the molecule is Cc1ccc(-n2c(=O)c3ccccc3n3c(SCC(=O)NCC(C)C)nnc23)c(C)c1. The summed E-state index contributed by atoms with van der Waals surface area (Å²) < 4.78 is 3.46. The number of para-hydroxylation sites is 1. The quantitative estimate of drug-likeness (QED) is 0.469. The molecule has 0 unspecified atom stereocenters. The second kappa shape index (κ2) is 8.55. The summed E-state index contributed by atoms with van der Waals surface area (Å²) in [5.74, 6) is 0.993. The van der Waals surface area contributed by atoms with Crippen LogP contribution in [0.5, 0.6) is 0 Å². The zero-order valence-electron chi connectivity index (χ0n) is 18.0. The normalized spacial score (nSPS) is 11.5. The Balaban J connectivity index is 1.85. The lowest BCUT2D eigenvalue weighted by molar-refractivity contribution is -0.118. The van der Waals surface area contributed by atoms with Gasteiger partial charge < -0.3 is 5.32 Å². The number of carbonyl (C=O) groups excluding carboxylic acids is 1. The number of carbonyl (C=O) groups is 1. The van der Waals surface area contributed by atoms with Crippen LogP contribution in [0.4, 0.5) is 0 Å². The van der Waals surface area contributed by atoms with Crippen LogP contribution in [-0.2, 0) is 4.79 Å². The summed E-state index contributed by atoms with van der Waals surface area (Å²) in [5, 5.41) is 12.7. The Morgan fingerprint density at radius 2 is 1.90 bits per heavy atom. The molecule has 0 radical (unpaired) electrons. The Bertz CT molecular complexity index is 1340. The highest BCUT2D eigenvalue weighted by Gasteiger charge is 2.19. The molecule has 4 aromatic rings. The molecule has 0 aliphatic rings. The van der Waals surface area contributed by atoms with Gasteiger partial charge in [0.05, 0.1) is 22.3 Å². The summed E-state index contributed by atoms with van der Waals surface area (Å²) in [7, 11) is 0. The number of amides is 1. The van der Waals surface area contributed by atoms with Gasteiger partial charge in [-0.15, -0.1) is 10.2 Å². The monoisotopic (exact) mass is 435 g/mol. The molecule has 0 aliphatic carbocycles. The van der Waals surface area contributed by atoms with Crippen LogP contribution in [0.2, 0.25) is 0 Å². The fourth-order valence-electron chi connectivity index (χ4n) is 3.54. The molecule has 1 amide bonds. The number of fused-ring (bicyclic) bond motifs is 3. The molecule has 2 aromatic carbocycles. The number of hydrogen-bond donors (Lipinski definition) is 1. The molecule has 2 heterocycles. The van der Waals surface area contributed by atoms with Gasteiger partial charge in [-0.1, -0.05) is 55.4 Å². The van der Waals surface area contributed by atoms with E-state index in [0.29, 0.717) is 28.8 Å². The molecule has 0 spiro atoms. The molecule has 0 saturated heterocycles. The maximum absolute atomic E-state index is 13.4. The molecule has 4 rings (SSSR count). The Hall–Kier alpha value is -3.13. The van der Waals surface area contributed by atoms with Crippen molar-refractivity contribution in [3.63, 3.8) is 0 Å². The molecule has 0 bridgehead atoms. The standard InChI is InChI=1S/C23H25N5O2S/c1-14(2)12-24-20(29)13-31-23-26-25-22-27(18-10-9-15(3)11-16(18)4)21(30)17-7-5-6-8-19(17)28(22)23/h5-11,14H,12-13H2,1-4H3,(H,24,29). The van der Waals surface area contributed by atoms with E-state index in [2.05, 4.69) is 29.4 Å². The van der Waals surface area contributed by atoms with Gasteiger partial charge in [0, 0.05) is 6.54 Å². The second-order valence-corrected chi connectivity index (χ2v) is 8.99. The molecular formula is C23H25N5O2S. The number of hydrogen-bond acceptors (Lipinski definition) is 5. The first-order chi connectivity index (χ1) is 14.9. The number of nitrogens with zero attached hydrogens (tertiary/aromatic N) is 4. The van der Waals surface area contributed by atoms with Crippen molar-refractivity contribution in [1.29, 1.82) is 0 Å². The van der Waals surface area contributed by atoms with E-state index in [1.54, 1.807) is 10.6 Å². The van der Waals surface area contributed by atoms with Gasteiger partial charge in [0.25, 0.3) is 5.56 Å². The van der Waals surface area contributed by atoms with Gasteiger partial charge in [-0.3, -0.25) is 14.0 Å². The van der Waals surface area contributed by atoms with Crippen LogP contribution < -0.4 is 10.9 Å². The van der Waals surface area contributed by atoms with E-state index >= 15 is 0 Å². The maximum Gasteiger partial charge on any atom is 0.267 e. The van der Waals surface area contributed by atoms with Crippen molar-refractivity contribution in [1.82, 2.24) is 24.5 Å². The van der Waals surface area contributed by atoms with Crippen LogP contribution in [0, 0.1) is 19.8 Å². The highest BCUT2D eigenvalue weighted by Crippen LogP contribution is 2.24. The average Bonchev–Trinajstić information content (AvgIpc) is 3.16. The van der Waals surface area contributed by atoms with E-state index in [1.807, 2.05) is 54.6 Å². The zero-order valence-corrected chi connectivity index (χ0v) is 18.9. The molecule has 160 valence electrons. The summed E-state index contributed by atoms with van der Waals surface area (Å²) in [4.78, 5) is 25.6. The predicted octanol–water partition coefficient (Wildman–Crippen LogP) is 3.51. The van der Waals surface area contributed by atoms with Gasteiger partial charge in [0.1, 0.15) is 0 Å². The van der Waals surface area contributed by atoms with Crippen molar-refractivity contribution in [3.8, 4) is 5.69 Å². The van der Waals surface area contributed by atoms with Crippen LogP contribution in [-0.4, -0.2) is 37.4 Å². The molecule has 2 aromatic heterocycles. The van der Waals surface area contributed by atoms with Crippen LogP contribution in [0.25, 0.3) is 22.4 Å². The van der Waals surface area contributed by atoms with Crippen LogP contribution >= 0.6 is 11.8 Å². The molecular weight excluding hydrogens is 410 g/mol. The first kappa shape index (κ1) is 21.1. The minimum atomic E-state index is -0.145. The van der Waals surface area contributed by atoms with E-state index in [-0.39, 0.29) is 17.2 Å². The average molecular weight is 436 g/mol. The number of aryl methyl sites for hydroxylation is 2. The third-order valence-electron chi connectivity index (χ3n) is 5.03. The Morgan fingerprint density at radius 3 is 2.65 bits per heavy atom. The largest absolute Gasteiger partial charge is 0.355 e. The van der Waals surface area contributed by atoms with Gasteiger partial charge in [0.15, 0.2) is 5.16 Å². The van der Waals surface area contributed by atoms with Gasteiger partial charge >= 0.3 is 0 Å². The number of thioether (sulfide) groups is 1. The Labute approximate surface area is 184 Å². The zero-order chi connectivity index (χ0) is 22.1. The smallest absolute Gasteiger partial charge is 0.267 e.